The predicted molar refractivity (Wildman–Crippen MR) is 115 cm³/mol. The molecule has 2 heterocycles. The van der Waals surface area contributed by atoms with Crippen LogP contribution in [0.5, 0.6) is 11.5 Å². The zero-order chi connectivity index (χ0) is 22.4. The summed E-state index contributed by atoms with van der Waals surface area (Å²) in [6, 6.07) is 8.48. The summed E-state index contributed by atoms with van der Waals surface area (Å²) in [7, 11) is 1.48. The van der Waals surface area contributed by atoms with E-state index in [1.54, 1.807) is 35.4 Å². The highest BCUT2D eigenvalue weighted by molar-refractivity contribution is 5.94. The molecule has 8 heteroatoms. The van der Waals surface area contributed by atoms with Gasteiger partial charge in [-0.3, -0.25) is 14.4 Å². The molecule has 164 valence electrons. The molecule has 0 radical (unpaired) electrons. The Morgan fingerprint density at radius 1 is 1.19 bits per heavy atom. The molecule has 1 N–H and O–H groups in total. The number of anilines is 1. The zero-order valence-electron chi connectivity index (χ0n) is 18.0. The van der Waals surface area contributed by atoms with Crippen LogP contribution in [0, 0.1) is 12.8 Å². The van der Waals surface area contributed by atoms with Gasteiger partial charge in [0, 0.05) is 24.8 Å². The molecule has 0 aliphatic carbocycles. The third-order valence-electron chi connectivity index (χ3n) is 5.23. The van der Waals surface area contributed by atoms with E-state index in [-0.39, 0.29) is 30.1 Å². The average Bonchev–Trinajstić information content (AvgIpc) is 2.78. The number of carbonyl (C=O) groups excluding carboxylic acids is 3. The molecule has 1 saturated heterocycles. The van der Waals surface area contributed by atoms with Crippen molar-refractivity contribution in [3.8, 4) is 11.5 Å². The number of hydrogen-bond acceptors (Lipinski definition) is 6. The highest BCUT2D eigenvalue weighted by Gasteiger charge is 2.29. The SMILES string of the molecule is COc1cc(C(C)=O)ccc1OCC(=O)N1CCCC(C(=O)Nc2ccc(C)cn2)C1. The summed E-state index contributed by atoms with van der Waals surface area (Å²) in [6.07, 6.45) is 3.14. The Morgan fingerprint density at radius 3 is 2.68 bits per heavy atom. The minimum atomic E-state index is -0.301. The maximum absolute atomic E-state index is 12.7. The van der Waals surface area contributed by atoms with Crippen molar-refractivity contribution < 1.29 is 23.9 Å². The second-order valence-electron chi connectivity index (χ2n) is 7.60. The van der Waals surface area contributed by atoms with Crippen molar-refractivity contribution in [3.05, 3.63) is 47.7 Å². The topological polar surface area (TPSA) is 97.8 Å². The number of piperidine rings is 1. The molecule has 0 bridgehead atoms. The number of ether oxygens (including phenoxy) is 2. The van der Waals surface area contributed by atoms with Crippen molar-refractivity contribution in [2.45, 2.75) is 26.7 Å². The molecule has 1 unspecified atom stereocenters. The lowest BCUT2D eigenvalue weighted by Gasteiger charge is -2.32. The number of aryl methyl sites for hydroxylation is 1. The van der Waals surface area contributed by atoms with Crippen molar-refractivity contribution in [1.29, 1.82) is 0 Å². The molecule has 2 amide bonds. The van der Waals surface area contributed by atoms with Crippen LogP contribution in [-0.2, 0) is 9.59 Å². The molecular weight excluding hydrogens is 398 g/mol. The number of amides is 2. The maximum Gasteiger partial charge on any atom is 0.260 e. The quantitative estimate of drug-likeness (QED) is 0.685. The van der Waals surface area contributed by atoms with E-state index in [1.165, 1.54) is 14.0 Å². The molecule has 1 aromatic heterocycles. The van der Waals surface area contributed by atoms with Gasteiger partial charge in [-0.05, 0) is 56.5 Å². The van der Waals surface area contributed by atoms with Crippen molar-refractivity contribution >= 4 is 23.4 Å². The van der Waals surface area contributed by atoms with Gasteiger partial charge in [-0.25, -0.2) is 4.98 Å². The smallest absolute Gasteiger partial charge is 0.260 e. The summed E-state index contributed by atoms with van der Waals surface area (Å²) in [4.78, 5) is 42.6. The largest absolute Gasteiger partial charge is 0.493 e. The highest BCUT2D eigenvalue weighted by atomic mass is 16.5. The van der Waals surface area contributed by atoms with Gasteiger partial charge in [0.2, 0.25) is 5.91 Å². The molecule has 1 aliphatic heterocycles. The first-order valence-electron chi connectivity index (χ1n) is 10.2. The lowest BCUT2D eigenvalue weighted by Crippen LogP contribution is -2.45. The van der Waals surface area contributed by atoms with E-state index < -0.39 is 0 Å². The fourth-order valence-corrected chi connectivity index (χ4v) is 3.42. The van der Waals surface area contributed by atoms with Crippen LogP contribution in [0.3, 0.4) is 0 Å². The van der Waals surface area contributed by atoms with Gasteiger partial charge in [-0.15, -0.1) is 0 Å². The standard InChI is InChI=1S/C23H27N3O5/c1-15-6-9-21(24-12-15)25-23(29)18-5-4-10-26(13-18)22(28)14-31-19-8-7-17(16(2)27)11-20(19)30-3/h6-9,11-12,18H,4-5,10,13-14H2,1-3H3,(H,24,25,29). The molecule has 8 nitrogen and oxygen atoms in total. The number of ketones is 1. The van der Waals surface area contributed by atoms with Crippen molar-refractivity contribution in [2.24, 2.45) is 5.92 Å². The number of methoxy groups -OCH3 is 1. The molecule has 2 aromatic rings. The molecule has 1 aromatic carbocycles. The van der Waals surface area contributed by atoms with Gasteiger partial charge in [0.15, 0.2) is 23.9 Å². The van der Waals surface area contributed by atoms with E-state index in [0.717, 1.165) is 12.0 Å². The molecule has 1 fully saturated rings. The minimum absolute atomic E-state index is 0.0839. The summed E-state index contributed by atoms with van der Waals surface area (Å²) in [5.41, 5.74) is 1.52. The zero-order valence-corrected chi connectivity index (χ0v) is 18.0. The van der Waals surface area contributed by atoms with Crippen molar-refractivity contribution in [2.75, 3.05) is 32.1 Å². The summed E-state index contributed by atoms with van der Waals surface area (Å²) in [5, 5.41) is 2.82. The summed E-state index contributed by atoms with van der Waals surface area (Å²) < 4.78 is 10.9. The normalized spacial score (nSPS) is 15.8. The third kappa shape index (κ3) is 5.81. The number of nitrogens with zero attached hydrogens (tertiary/aromatic N) is 2. The second kappa shape index (κ2) is 10.1. The Labute approximate surface area is 181 Å². The van der Waals surface area contributed by atoms with Crippen LogP contribution in [0.1, 0.15) is 35.7 Å². The fourth-order valence-electron chi connectivity index (χ4n) is 3.42. The van der Waals surface area contributed by atoms with E-state index in [1.807, 2.05) is 13.0 Å². The van der Waals surface area contributed by atoms with Crippen LogP contribution in [0.25, 0.3) is 0 Å². The lowest BCUT2D eigenvalue weighted by atomic mass is 9.97. The van der Waals surface area contributed by atoms with Gasteiger partial charge in [-0.1, -0.05) is 6.07 Å². The van der Waals surface area contributed by atoms with Crippen LogP contribution >= 0.6 is 0 Å². The first-order chi connectivity index (χ1) is 14.9. The Kier molecular flexibility index (Phi) is 7.23. The average molecular weight is 425 g/mol. The number of aromatic nitrogens is 1. The summed E-state index contributed by atoms with van der Waals surface area (Å²) in [6.45, 7) is 4.13. The summed E-state index contributed by atoms with van der Waals surface area (Å²) in [5.74, 6) is 0.549. The van der Waals surface area contributed by atoms with Crippen molar-refractivity contribution in [3.63, 3.8) is 0 Å². The Balaban J connectivity index is 1.56. The first-order valence-corrected chi connectivity index (χ1v) is 10.2. The van der Waals surface area contributed by atoms with Crippen LogP contribution in [0.15, 0.2) is 36.5 Å². The van der Waals surface area contributed by atoms with Crippen LogP contribution in [0.2, 0.25) is 0 Å². The number of likely N-dealkylation sites (tertiary alicyclic amines) is 1. The second-order valence-corrected chi connectivity index (χ2v) is 7.60. The monoisotopic (exact) mass is 425 g/mol. The number of pyridine rings is 1. The van der Waals surface area contributed by atoms with Crippen LogP contribution in [0.4, 0.5) is 5.82 Å². The van der Waals surface area contributed by atoms with Gasteiger partial charge < -0.3 is 19.7 Å². The Bertz CT molecular complexity index is 958. The number of rotatable bonds is 7. The molecular formula is C23H27N3O5. The minimum Gasteiger partial charge on any atom is -0.493 e. The molecule has 0 spiro atoms. The molecule has 1 aliphatic rings. The number of carbonyl (C=O) groups is 3. The molecule has 3 rings (SSSR count). The number of nitrogens with one attached hydrogen (secondary N) is 1. The molecule has 0 saturated carbocycles. The Hall–Kier alpha value is -3.42. The van der Waals surface area contributed by atoms with E-state index in [2.05, 4.69) is 10.3 Å². The van der Waals surface area contributed by atoms with Crippen molar-refractivity contribution in [1.82, 2.24) is 9.88 Å². The van der Waals surface area contributed by atoms with E-state index in [9.17, 15) is 14.4 Å². The van der Waals surface area contributed by atoms with Gasteiger partial charge in [0.25, 0.3) is 5.91 Å². The van der Waals surface area contributed by atoms with Crippen LogP contribution in [-0.4, -0.2) is 54.3 Å². The fraction of sp³-hybridized carbons (Fsp3) is 0.391. The number of benzene rings is 1. The molecule has 1 atom stereocenters. The highest BCUT2D eigenvalue weighted by Crippen LogP contribution is 2.28. The van der Waals surface area contributed by atoms with Crippen LogP contribution < -0.4 is 14.8 Å². The number of hydrogen-bond donors (Lipinski definition) is 1. The van der Waals surface area contributed by atoms with Gasteiger partial charge in [0.1, 0.15) is 5.82 Å². The van der Waals surface area contributed by atoms with E-state index >= 15 is 0 Å². The third-order valence-corrected chi connectivity index (χ3v) is 5.23. The van der Waals surface area contributed by atoms with Gasteiger partial charge in [0.05, 0.1) is 13.0 Å². The van der Waals surface area contributed by atoms with E-state index in [0.29, 0.717) is 42.4 Å². The van der Waals surface area contributed by atoms with Gasteiger partial charge >= 0.3 is 0 Å². The maximum atomic E-state index is 12.7. The first kappa shape index (κ1) is 22.3. The summed E-state index contributed by atoms with van der Waals surface area (Å²) >= 11 is 0. The predicted octanol–water partition coefficient (Wildman–Crippen LogP) is 2.86. The molecule has 31 heavy (non-hydrogen) atoms. The van der Waals surface area contributed by atoms with Gasteiger partial charge in [-0.2, -0.15) is 0 Å². The van der Waals surface area contributed by atoms with E-state index in [4.69, 9.17) is 9.47 Å². The lowest BCUT2D eigenvalue weighted by molar-refractivity contribution is -0.136. The Morgan fingerprint density at radius 2 is 2.00 bits per heavy atom. The number of Topliss-reactive ketones (excluding diaryl/α,β-unsaturated/α-hetero) is 1.